The van der Waals surface area contributed by atoms with Crippen LogP contribution in [0.25, 0.3) is 0 Å². The van der Waals surface area contributed by atoms with Crippen molar-refractivity contribution < 1.29 is 24.1 Å². The SMILES string of the molecule is COC(=O)CCC=CCCCO[C@@H](OCc1ccccc1O)c1ccccc1Cl. The summed E-state index contributed by atoms with van der Waals surface area (Å²) < 4.78 is 16.5. The molecule has 2 aromatic carbocycles. The third-order valence-corrected chi connectivity index (χ3v) is 4.58. The molecule has 2 rings (SSSR count). The molecular weight excluding hydrogens is 392 g/mol. The summed E-state index contributed by atoms with van der Waals surface area (Å²) in [6.07, 6.45) is 6.05. The Hall–Kier alpha value is -2.34. The molecular formula is C23H27ClO5. The number of ether oxygens (including phenoxy) is 3. The number of aromatic hydroxyl groups is 1. The van der Waals surface area contributed by atoms with Crippen molar-refractivity contribution in [2.45, 2.75) is 38.6 Å². The number of methoxy groups -OCH3 is 1. The van der Waals surface area contributed by atoms with E-state index in [1.165, 1.54) is 7.11 Å². The summed E-state index contributed by atoms with van der Waals surface area (Å²) >= 11 is 6.31. The lowest BCUT2D eigenvalue weighted by Crippen LogP contribution is -2.11. The van der Waals surface area contributed by atoms with Gasteiger partial charge in [-0.25, -0.2) is 0 Å². The topological polar surface area (TPSA) is 65.0 Å². The number of rotatable bonds is 12. The second-order valence-corrected chi connectivity index (χ2v) is 6.80. The van der Waals surface area contributed by atoms with Gasteiger partial charge in [-0.05, 0) is 31.4 Å². The molecule has 1 N–H and O–H groups in total. The number of phenolic OH excluding ortho intramolecular Hbond substituents is 1. The van der Waals surface area contributed by atoms with Crippen LogP contribution >= 0.6 is 11.6 Å². The van der Waals surface area contributed by atoms with Gasteiger partial charge in [0.2, 0.25) is 0 Å². The number of carbonyl (C=O) groups excluding carboxylic acids is 1. The van der Waals surface area contributed by atoms with Crippen molar-refractivity contribution in [3.63, 3.8) is 0 Å². The first kappa shape index (κ1) is 22.9. The minimum Gasteiger partial charge on any atom is -0.508 e. The fraction of sp³-hybridized carbons (Fsp3) is 0.348. The lowest BCUT2D eigenvalue weighted by Gasteiger charge is -2.20. The van der Waals surface area contributed by atoms with E-state index in [0.29, 0.717) is 30.0 Å². The minimum atomic E-state index is -0.633. The molecule has 29 heavy (non-hydrogen) atoms. The second kappa shape index (κ2) is 13.0. The summed E-state index contributed by atoms with van der Waals surface area (Å²) in [5, 5.41) is 10.5. The van der Waals surface area contributed by atoms with Crippen LogP contribution in [0, 0.1) is 0 Å². The zero-order valence-corrected chi connectivity index (χ0v) is 17.3. The predicted octanol–water partition coefficient (Wildman–Crippen LogP) is 5.57. The number of para-hydroxylation sites is 1. The average molecular weight is 419 g/mol. The molecule has 0 unspecified atom stereocenters. The van der Waals surface area contributed by atoms with Crippen LogP contribution in [0.1, 0.15) is 43.1 Å². The Kier molecular flexibility index (Phi) is 10.3. The zero-order valence-electron chi connectivity index (χ0n) is 16.6. The first-order valence-electron chi connectivity index (χ1n) is 9.58. The Balaban J connectivity index is 1.84. The molecule has 0 aromatic heterocycles. The molecule has 0 bridgehead atoms. The van der Waals surface area contributed by atoms with E-state index in [-0.39, 0.29) is 18.3 Å². The van der Waals surface area contributed by atoms with Crippen LogP contribution in [-0.2, 0) is 25.6 Å². The van der Waals surface area contributed by atoms with Gasteiger partial charge in [0.15, 0.2) is 6.29 Å². The van der Waals surface area contributed by atoms with E-state index in [1.807, 2.05) is 36.4 Å². The molecule has 0 aliphatic heterocycles. The summed E-state index contributed by atoms with van der Waals surface area (Å²) in [5.74, 6) is -0.0235. The van der Waals surface area contributed by atoms with Gasteiger partial charge in [0.05, 0.1) is 20.3 Å². The molecule has 0 saturated carbocycles. The van der Waals surface area contributed by atoms with Gasteiger partial charge in [0, 0.05) is 22.6 Å². The number of hydrogen-bond acceptors (Lipinski definition) is 5. The van der Waals surface area contributed by atoms with Gasteiger partial charge in [-0.3, -0.25) is 4.79 Å². The van der Waals surface area contributed by atoms with Crippen LogP contribution < -0.4 is 0 Å². The molecule has 156 valence electrons. The highest BCUT2D eigenvalue weighted by Gasteiger charge is 2.16. The third-order valence-electron chi connectivity index (χ3n) is 4.23. The standard InChI is InChI=1S/C23H27ClO5/c1-27-22(26)15-5-3-2-4-10-16-28-23(19-12-7-8-13-20(19)24)29-17-18-11-6-9-14-21(18)25/h2-3,6-9,11-14,23,25H,4-5,10,15-17H2,1H3/t23-/m0/s1. The van der Waals surface area contributed by atoms with Crippen LogP contribution in [0.3, 0.4) is 0 Å². The van der Waals surface area contributed by atoms with Crippen molar-refractivity contribution in [3.05, 3.63) is 76.8 Å². The van der Waals surface area contributed by atoms with Crippen molar-refractivity contribution in [2.24, 2.45) is 0 Å². The van der Waals surface area contributed by atoms with Crippen molar-refractivity contribution in [1.82, 2.24) is 0 Å². The van der Waals surface area contributed by atoms with Gasteiger partial charge < -0.3 is 19.3 Å². The number of halogens is 1. The van der Waals surface area contributed by atoms with Crippen LogP contribution in [0.2, 0.25) is 5.02 Å². The maximum Gasteiger partial charge on any atom is 0.305 e. The fourth-order valence-electron chi connectivity index (χ4n) is 2.62. The average Bonchev–Trinajstić information content (AvgIpc) is 2.73. The number of carbonyl (C=O) groups is 1. The maximum atomic E-state index is 11.1. The number of esters is 1. The quantitative estimate of drug-likeness (QED) is 0.211. The van der Waals surface area contributed by atoms with Crippen LogP contribution in [0.15, 0.2) is 60.7 Å². The summed E-state index contributed by atoms with van der Waals surface area (Å²) in [6.45, 7) is 0.688. The first-order valence-corrected chi connectivity index (χ1v) is 9.96. The highest BCUT2D eigenvalue weighted by Crippen LogP contribution is 2.29. The van der Waals surface area contributed by atoms with E-state index in [2.05, 4.69) is 4.74 Å². The second-order valence-electron chi connectivity index (χ2n) is 6.39. The fourth-order valence-corrected chi connectivity index (χ4v) is 2.85. The van der Waals surface area contributed by atoms with Gasteiger partial charge in [-0.2, -0.15) is 0 Å². The predicted molar refractivity (Wildman–Crippen MR) is 113 cm³/mol. The smallest absolute Gasteiger partial charge is 0.305 e. The molecule has 0 saturated heterocycles. The van der Waals surface area contributed by atoms with Crippen LogP contribution in [-0.4, -0.2) is 24.8 Å². The summed E-state index contributed by atoms with van der Waals surface area (Å²) in [5.41, 5.74) is 1.43. The molecule has 1 atom stereocenters. The number of unbranched alkanes of at least 4 members (excludes halogenated alkanes) is 1. The van der Waals surface area contributed by atoms with Gasteiger partial charge in [0.25, 0.3) is 0 Å². The lowest BCUT2D eigenvalue weighted by molar-refractivity contribution is -0.154. The maximum absolute atomic E-state index is 11.1. The largest absolute Gasteiger partial charge is 0.508 e. The molecule has 0 radical (unpaired) electrons. The third kappa shape index (κ3) is 8.28. The Bertz CT molecular complexity index is 790. The number of benzene rings is 2. The van der Waals surface area contributed by atoms with Crippen molar-refractivity contribution in [1.29, 1.82) is 0 Å². The molecule has 5 nitrogen and oxygen atoms in total. The highest BCUT2D eigenvalue weighted by atomic mass is 35.5. The minimum absolute atomic E-state index is 0.183. The zero-order chi connectivity index (χ0) is 20.9. The van der Waals surface area contributed by atoms with E-state index in [4.69, 9.17) is 21.1 Å². The number of phenols is 1. The molecule has 0 heterocycles. The van der Waals surface area contributed by atoms with Crippen molar-refractivity contribution >= 4 is 17.6 Å². The molecule has 2 aromatic rings. The van der Waals surface area contributed by atoms with Crippen molar-refractivity contribution in [2.75, 3.05) is 13.7 Å². The molecule has 0 aliphatic rings. The highest BCUT2D eigenvalue weighted by molar-refractivity contribution is 6.31. The van der Waals surface area contributed by atoms with E-state index >= 15 is 0 Å². The Morgan fingerprint density at radius 2 is 1.79 bits per heavy atom. The van der Waals surface area contributed by atoms with Crippen LogP contribution in [0.5, 0.6) is 5.75 Å². The Morgan fingerprint density at radius 3 is 2.55 bits per heavy atom. The van der Waals surface area contributed by atoms with Gasteiger partial charge in [-0.1, -0.05) is 60.2 Å². The molecule has 0 amide bonds. The Morgan fingerprint density at radius 1 is 1.07 bits per heavy atom. The lowest BCUT2D eigenvalue weighted by atomic mass is 10.2. The van der Waals surface area contributed by atoms with E-state index in [9.17, 15) is 9.90 Å². The summed E-state index contributed by atoms with van der Waals surface area (Å²) in [6, 6.07) is 14.4. The van der Waals surface area contributed by atoms with E-state index in [0.717, 1.165) is 18.4 Å². The normalized spacial score (nSPS) is 12.2. The summed E-state index contributed by atoms with van der Waals surface area (Å²) in [4.78, 5) is 11.1. The molecule has 0 spiro atoms. The monoisotopic (exact) mass is 418 g/mol. The Labute approximate surface area is 176 Å². The van der Waals surface area contributed by atoms with Gasteiger partial charge in [0.1, 0.15) is 5.75 Å². The van der Waals surface area contributed by atoms with Crippen LogP contribution in [0.4, 0.5) is 0 Å². The molecule has 0 aliphatic carbocycles. The summed E-state index contributed by atoms with van der Waals surface area (Å²) in [7, 11) is 1.39. The van der Waals surface area contributed by atoms with Gasteiger partial charge in [-0.15, -0.1) is 0 Å². The molecule has 0 fully saturated rings. The van der Waals surface area contributed by atoms with Crippen molar-refractivity contribution in [3.8, 4) is 5.75 Å². The number of allylic oxidation sites excluding steroid dienone is 2. The number of hydrogen-bond donors (Lipinski definition) is 1. The molecule has 6 heteroatoms. The first-order chi connectivity index (χ1) is 14.1. The van der Waals surface area contributed by atoms with E-state index < -0.39 is 6.29 Å². The van der Waals surface area contributed by atoms with Gasteiger partial charge >= 0.3 is 5.97 Å². The van der Waals surface area contributed by atoms with E-state index in [1.54, 1.807) is 24.3 Å².